The van der Waals surface area contributed by atoms with Crippen LogP contribution in [0.15, 0.2) is 85.2 Å². The van der Waals surface area contributed by atoms with Crippen LogP contribution in [-0.4, -0.2) is 325 Å². The Morgan fingerprint density at radius 1 is 0.481 bits per heavy atom. The molecule has 14 atom stereocenters. The lowest BCUT2D eigenvalue weighted by Gasteiger charge is -2.36. The second-order valence-electron chi connectivity index (χ2n) is 32.2. The number of primary amides is 2. The number of aromatic nitrogens is 2. The van der Waals surface area contributed by atoms with Gasteiger partial charge in [0.1, 0.15) is 90.3 Å². The van der Waals surface area contributed by atoms with Crippen molar-refractivity contribution in [3.05, 3.63) is 102 Å². The average molecular weight is 1820 g/mol. The number of aliphatic hydroxyl groups excluding tert-OH is 3. The summed E-state index contributed by atoms with van der Waals surface area (Å²) in [7, 11) is 3.87. The predicted molar refractivity (Wildman–Crippen MR) is 471 cm³/mol. The third-order valence-corrected chi connectivity index (χ3v) is 24.0. The third kappa shape index (κ3) is 28.0. The van der Waals surface area contributed by atoms with Crippen molar-refractivity contribution in [2.24, 2.45) is 17.2 Å². The first-order valence-electron chi connectivity index (χ1n) is 42.9. The molecule has 702 valence electrons. The van der Waals surface area contributed by atoms with Gasteiger partial charge in [-0.15, -0.1) is 11.8 Å². The number of carbonyl (C=O) groups is 17. The molecule has 0 radical (unpaired) electrons. The van der Waals surface area contributed by atoms with Crippen LogP contribution in [0.25, 0.3) is 21.8 Å². The van der Waals surface area contributed by atoms with Gasteiger partial charge in [-0.05, 0) is 99.2 Å². The first-order valence-corrected chi connectivity index (χ1v) is 44.0. The molecule has 43 nitrogen and oxygen atoms in total. The lowest BCUT2D eigenvalue weighted by atomic mass is 10.00. The molecule has 0 bridgehead atoms. The van der Waals surface area contributed by atoms with Crippen molar-refractivity contribution in [3.8, 4) is 5.75 Å². The van der Waals surface area contributed by atoms with Crippen molar-refractivity contribution in [1.29, 1.82) is 5.41 Å². The number of likely N-dealkylation sites (N-methyl/N-ethyl adjacent to an activating group) is 3. The van der Waals surface area contributed by atoms with Gasteiger partial charge in [0, 0.05) is 100.0 Å². The second kappa shape index (κ2) is 48.8. The molecule has 5 heterocycles. The fourth-order valence-corrected chi connectivity index (χ4v) is 16.5. The molecule has 17 amide bonds. The van der Waals surface area contributed by atoms with Crippen LogP contribution in [0, 0.1) is 5.41 Å². The number of aliphatic hydroxyl groups is 3. The number of amides is 17. The number of nitrogens with zero attached hydrogens (tertiary/aromatic N) is 5. The van der Waals surface area contributed by atoms with Crippen LogP contribution in [0.4, 0.5) is 0 Å². The lowest BCUT2D eigenvalue weighted by molar-refractivity contribution is -0.149. The number of carbonyl (C=O) groups excluding carboxylic acids is 17. The van der Waals surface area contributed by atoms with E-state index in [9.17, 15) is 78.0 Å². The van der Waals surface area contributed by atoms with Gasteiger partial charge in [0.2, 0.25) is 100 Å². The van der Waals surface area contributed by atoms with Crippen molar-refractivity contribution < 1.29 is 102 Å². The Hall–Kier alpha value is -13.0. The average Bonchev–Trinajstić information content (AvgIpc) is 1.74. The van der Waals surface area contributed by atoms with Crippen LogP contribution >= 0.6 is 11.8 Å². The number of phenols is 1. The number of aromatic hydroxyl groups is 1. The number of unbranched alkanes of at least 4 members (excludes halogenated alkanes) is 2. The Morgan fingerprint density at radius 3 is 1.49 bits per heavy atom. The van der Waals surface area contributed by atoms with E-state index in [0.29, 0.717) is 64.2 Å². The van der Waals surface area contributed by atoms with Gasteiger partial charge in [-0.2, -0.15) is 0 Å². The van der Waals surface area contributed by atoms with E-state index in [1.165, 1.54) is 52.3 Å². The second-order valence-corrected chi connectivity index (χ2v) is 33.3. The molecule has 0 spiro atoms. The molecule has 8 rings (SSSR count). The fourth-order valence-electron chi connectivity index (χ4n) is 15.6. The van der Waals surface area contributed by atoms with E-state index in [2.05, 4.69) is 68.5 Å². The molecule has 24 N–H and O–H groups in total. The van der Waals surface area contributed by atoms with Gasteiger partial charge in [-0.1, -0.05) is 88.1 Å². The number of thioether (sulfide) groups is 1. The number of para-hydroxylation sites is 2. The Labute approximate surface area is 748 Å². The number of guanidine groups is 1. The van der Waals surface area contributed by atoms with Crippen LogP contribution in [-0.2, 0) is 101 Å². The third-order valence-electron chi connectivity index (χ3n) is 23.0. The summed E-state index contributed by atoms with van der Waals surface area (Å²) in [5, 5.41) is 79.8. The monoisotopic (exact) mass is 1820 g/mol. The number of nitrogens with two attached hydrogens (primary N) is 3. The predicted octanol–water partition coefficient (Wildman–Crippen LogP) is -4.93. The van der Waals surface area contributed by atoms with E-state index in [4.69, 9.17) is 22.6 Å². The minimum atomic E-state index is -1.88. The zero-order valence-corrected chi connectivity index (χ0v) is 73.8. The molecule has 3 aromatic carbocycles. The number of rotatable bonds is 24. The number of hydrogen-bond acceptors (Lipinski definition) is 23. The Morgan fingerprint density at radius 2 is 0.946 bits per heavy atom. The zero-order chi connectivity index (χ0) is 94.5. The lowest BCUT2D eigenvalue weighted by Crippen LogP contribution is -2.62. The Balaban J connectivity index is 1.17. The number of phenolic OH excluding ortho intramolecular Hbond substituents is 1. The largest absolute Gasteiger partial charge is 0.508 e. The van der Waals surface area contributed by atoms with E-state index in [1.807, 2.05) is 13.8 Å². The molecule has 1 unspecified atom stereocenters. The molecular formula is C85H120N22O21S. The highest BCUT2D eigenvalue weighted by Gasteiger charge is 2.45. The molecule has 129 heavy (non-hydrogen) atoms. The molecule has 2 aromatic heterocycles. The molecule has 3 fully saturated rings. The summed E-state index contributed by atoms with van der Waals surface area (Å²) in [6, 6.07) is -2.94. The van der Waals surface area contributed by atoms with Crippen molar-refractivity contribution in [2.75, 3.05) is 78.6 Å². The summed E-state index contributed by atoms with van der Waals surface area (Å²) >= 11 is 0.750. The van der Waals surface area contributed by atoms with E-state index in [-0.39, 0.29) is 96.0 Å². The minimum Gasteiger partial charge on any atom is -0.508 e. The zero-order valence-electron chi connectivity index (χ0n) is 72.9. The maximum absolute atomic E-state index is 15.7. The van der Waals surface area contributed by atoms with Gasteiger partial charge in [-0.25, -0.2) is 0 Å². The summed E-state index contributed by atoms with van der Waals surface area (Å²) in [5.41, 5.74) is 19.3. The topological polar surface area (TPSA) is 653 Å². The van der Waals surface area contributed by atoms with Crippen LogP contribution in [0.2, 0.25) is 0 Å². The van der Waals surface area contributed by atoms with Crippen molar-refractivity contribution >= 4 is 140 Å². The molecule has 0 saturated carbocycles. The highest BCUT2D eigenvalue weighted by atomic mass is 32.2. The van der Waals surface area contributed by atoms with Gasteiger partial charge in [0.25, 0.3) is 0 Å². The van der Waals surface area contributed by atoms with Gasteiger partial charge < -0.3 is 131 Å². The molecular weight excluding hydrogens is 1700 g/mol. The number of H-pyrrole nitrogens is 2. The fraction of sp³-hybridized carbons (Fsp3) is 0.529. The molecule has 0 aliphatic carbocycles. The summed E-state index contributed by atoms with van der Waals surface area (Å²) in [4.78, 5) is 258. The Kier molecular flexibility index (Phi) is 38.4. The SMILES string of the molecule is CCCC[C@H]1C(=O)N(C)[C@@H](CCCC)C(=O)N[C@@H](CCCNC(=N)N)C(=O)NC(C(=O)NCC(N)=O)CSCC(=O)N[C@@H](Cc2ccc(O)cc2)C(=O)N(C)[C@@H](C)C(=O)N[C@@H](CC(N)=O)C(=O)N2CCC[C@H]2C(=O)N[C@@H](CO)C(=O)N[C@@H](CO)C(=O)N2CCC[C@H]2C(=O)N[C@@H](Cc2c[nH]c3ccccc23)C(=O)N[C@@H](CO)C(=O)N[C@@H](Cc2c[nH]c3ccccc23)C(=O)N1C. The molecule has 44 heteroatoms. The number of hydrogen-bond donors (Lipinski definition) is 21. The van der Waals surface area contributed by atoms with E-state index < -0.39 is 235 Å². The molecule has 3 aliphatic heterocycles. The van der Waals surface area contributed by atoms with E-state index in [1.54, 1.807) is 60.9 Å². The van der Waals surface area contributed by atoms with Gasteiger partial charge in [0.05, 0.1) is 38.5 Å². The summed E-state index contributed by atoms with van der Waals surface area (Å²) < 4.78 is 0. The maximum atomic E-state index is 15.7. The minimum absolute atomic E-state index is 0.0113. The van der Waals surface area contributed by atoms with E-state index >= 15 is 24.0 Å². The molecule has 5 aromatic rings. The molecule has 3 aliphatic rings. The number of benzene rings is 3. The van der Waals surface area contributed by atoms with Crippen LogP contribution in [0.1, 0.15) is 121 Å². The number of aromatic amines is 2. The summed E-state index contributed by atoms with van der Waals surface area (Å²) in [5.74, 6) is -18.4. The highest BCUT2D eigenvalue weighted by molar-refractivity contribution is 8.00. The molecule has 3 saturated heterocycles. The normalized spacial score (nSPS) is 24.7. The Bertz CT molecular complexity index is 4860. The summed E-state index contributed by atoms with van der Waals surface area (Å²) in [6.07, 6.45) is 3.12. The first-order chi connectivity index (χ1) is 61.5. The van der Waals surface area contributed by atoms with Gasteiger partial charge in [-0.3, -0.25) is 86.9 Å². The maximum Gasteiger partial charge on any atom is 0.248 e. The quantitative estimate of drug-likeness (QED) is 0.0156. The van der Waals surface area contributed by atoms with Crippen molar-refractivity contribution in [3.63, 3.8) is 0 Å². The van der Waals surface area contributed by atoms with Crippen LogP contribution in [0.3, 0.4) is 0 Å². The van der Waals surface area contributed by atoms with Crippen molar-refractivity contribution in [2.45, 2.75) is 208 Å². The number of nitrogens with one attached hydrogen (secondary N) is 14. The summed E-state index contributed by atoms with van der Waals surface area (Å²) in [6.45, 7) is 0.535. The van der Waals surface area contributed by atoms with Gasteiger partial charge >= 0.3 is 0 Å². The number of fused-ring (bicyclic) bond motifs is 4. The van der Waals surface area contributed by atoms with Crippen LogP contribution in [0.5, 0.6) is 5.75 Å². The highest BCUT2D eigenvalue weighted by Crippen LogP contribution is 2.27. The standard InChI is InChI=1S/C85H120N22O21S/c1-7-9-23-64-77(121)95-55(22-15-31-90-85(88)89)73(117)102-63(72(116)93-40-69(87)113)44-129-45-70(114)94-57(34-47-27-29-50(111)30-28-47)80(124)103(4)46(3)71(115)97-59(37-68(86)112)82(126)106-32-16-26-66(106)79(123)100-61(42-109)76(120)101-62(43-110)83(127)107-33-17-25-65(107)78(122)96-56(35-48-38-91-53-20-13-11-18-51(48)53)74(118)99-60(41-108)75(119)98-58(36-49-39-92-54-21-14-12-19-52(49)54)81(125)105(6)67(24-10-8-2)84(128)104(64)5/h11-14,18-21,27-30,38-39,46,55-67,91-92,108-111H,7-10,15-17,22-26,31-37,40-45H2,1-6H3,(H2,86,112)(H2,87,113)(H,93,116)(H,94,114)(H,95,121)(H,96,122)(H,97,115)(H,98,119)(H,99,118)(H,100,123)(H,101,120)(H,102,117)(H4,88,89,90)/t46-,55-,56-,57-,58-,59-,60-,61-,62-,63?,64-,65-,66-,67-/m0/s1. The first kappa shape index (κ1) is 101. The smallest absolute Gasteiger partial charge is 0.248 e. The van der Waals surface area contributed by atoms with Crippen LogP contribution < -0.4 is 75.7 Å². The van der Waals surface area contributed by atoms with Gasteiger partial charge in [0.15, 0.2) is 5.96 Å². The van der Waals surface area contributed by atoms with Crippen molar-refractivity contribution in [1.82, 2.24) is 93.0 Å². The van der Waals surface area contributed by atoms with E-state index in [0.717, 1.165) is 36.3 Å².